The molecule has 0 atom stereocenters. The summed E-state index contributed by atoms with van der Waals surface area (Å²) in [4.78, 5) is 12.6. The number of rotatable bonds is 3. The third kappa shape index (κ3) is 2.14. The van der Waals surface area contributed by atoms with Crippen molar-refractivity contribution >= 4 is 0 Å². The largest absolute Gasteiger partial charge is 0.481 e. The molecule has 0 spiro atoms. The number of ether oxygens (including phenoxy) is 1. The average molecular weight is 216 g/mol. The molecule has 0 aliphatic rings. The zero-order valence-corrected chi connectivity index (χ0v) is 8.92. The fraction of sp³-hybridized carbons (Fsp3) is 0.182. The van der Waals surface area contributed by atoms with E-state index in [0.29, 0.717) is 23.9 Å². The second kappa shape index (κ2) is 4.67. The molecule has 2 N–H and O–H groups in total. The number of pyridine rings is 1. The summed E-state index contributed by atoms with van der Waals surface area (Å²) < 4.78 is 5.03. The molecule has 0 unspecified atom stereocenters. The molecule has 16 heavy (non-hydrogen) atoms. The predicted molar refractivity (Wildman–Crippen MR) is 59.7 cm³/mol. The van der Waals surface area contributed by atoms with Crippen molar-refractivity contribution in [2.24, 2.45) is 5.73 Å². The highest BCUT2D eigenvalue weighted by molar-refractivity contribution is 5.49. The van der Waals surface area contributed by atoms with E-state index in [2.05, 4.69) is 15.0 Å². The highest BCUT2D eigenvalue weighted by Crippen LogP contribution is 2.15. The maximum absolute atomic E-state index is 5.47. The van der Waals surface area contributed by atoms with Crippen LogP contribution in [-0.2, 0) is 6.54 Å². The van der Waals surface area contributed by atoms with Crippen LogP contribution in [0.3, 0.4) is 0 Å². The van der Waals surface area contributed by atoms with Crippen molar-refractivity contribution in [2.75, 3.05) is 7.11 Å². The maximum Gasteiger partial charge on any atom is 0.213 e. The predicted octanol–water partition coefficient (Wildman–Crippen LogP) is 1.01. The first-order chi connectivity index (χ1) is 7.83. The number of aromatic nitrogens is 3. The van der Waals surface area contributed by atoms with Gasteiger partial charge in [0.2, 0.25) is 5.88 Å². The molecule has 5 heteroatoms. The van der Waals surface area contributed by atoms with Crippen LogP contribution in [0.25, 0.3) is 11.5 Å². The van der Waals surface area contributed by atoms with Gasteiger partial charge in [-0.2, -0.15) is 0 Å². The highest BCUT2D eigenvalue weighted by atomic mass is 16.5. The molecule has 2 heterocycles. The fourth-order valence-corrected chi connectivity index (χ4v) is 1.25. The minimum absolute atomic E-state index is 0.436. The average Bonchev–Trinajstić information content (AvgIpc) is 2.39. The summed E-state index contributed by atoms with van der Waals surface area (Å²) in [7, 11) is 1.57. The lowest BCUT2D eigenvalue weighted by atomic mass is 10.3. The summed E-state index contributed by atoms with van der Waals surface area (Å²) in [6.45, 7) is 0.436. The summed E-state index contributed by atoms with van der Waals surface area (Å²) in [5.74, 6) is 1.11. The molecule has 0 aromatic carbocycles. The zero-order valence-electron chi connectivity index (χ0n) is 8.92. The highest BCUT2D eigenvalue weighted by Gasteiger charge is 2.03. The Balaban J connectivity index is 2.34. The molecular weight excluding hydrogens is 204 g/mol. The summed E-state index contributed by atoms with van der Waals surface area (Å²) in [5.41, 5.74) is 7.05. The molecule has 0 aliphatic carbocycles. The Bertz CT molecular complexity index is 470. The molecule has 0 radical (unpaired) electrons. The molecule has 0 aliphatic heterocycles. The standard InChI is InChI=1S/C11H12N4O/c1-16-10-4-2-3-9(15-10)11-13-6-8(5-12)7-14-11/h2-4,6-7H,5,12H2,1H3. The summed E-state index contributed by atoms with van der Waals surface area (Å²) >= 11 is 0. The van der Waals surface area contributed by atoms with Gasteiger partial charge in [0, 0.05) is 30.6 Å². The Morgan fingerprint density at radius 2 is 2.00 bits per heavy atom. The van der Waals surface area contributed by atoms with Crippen LogP contribution in [0, 0.1) is 0 Å². The van der Waals surface area contributed by atoms with E-state index in [4.69, 9.17) is 10.5 Å². The number of hydrogen-bond acceptors (Lipinski definition) is 5. The van der Waals surface area contributed by atoms with Crippen molar-refractivity contribution in [1.82, 2.24) is 15.0 Å². The molecular formula is C11H12N4O. The summed E-state index contributed by atoms with van der Waals surface area (Å²) in [5, 5.41) is 0. The number of nitrogens with two attached hydrogens (primary N) is 1. The van der Waals surface area contributed by atoms with Crippen molar-refractivity contribution < 1.29 is 4.74 Å². The van der Waals surface area contributed by atoms with Gasteiger partial charge in [-0.25, -0.2) is 15.0 Å². The molecule has 0 bridgehead atoms. The first-order valence-electron chi connectivity index (χ1n) is 4.86. The number of nitrogens with zero attached hydrogens (tertiary/aromatic N) is 3. The lowest BCUT2D eigenvalue weighted by molar-refractivity contribution is 0.398. The van der Waals surface area contributed by atoms with Crippen molar-refractivity contribution in [3.63, 3.8) is 0 Å². The van der Waals surface area contributed by atoms with E-state index >= 15 is 0 Å². The van der Waals surface area contributed by atoms with Gasteiger partial charge in [-0.15, -0.1) is 0 Å². The molecule has 5 nitrogen and oxygen atoms in total. The normalized spacial score (nSPS) is 10.1. The van der Waals surface area contributed by atoms with Crippen LogP contribution in [0.2, 0.25) is 0 Å². The van der Waals surface area contributed by atoms with Gasteiger partial charge in [-0.05, 0) is 6.07 Å². The van der Waals surface area contributed by atoms with Gasteiger partial charge >= 0.3 is 0 Å². The smallest absolute Gasteiger partial charge is 0.213 e. The third-order valence-corrected chi connectivity index (χ3v) is 2.10. The fourth-order valence-electron chi connectivity index (χ4n) is 1.25. The van der Waals surface area contributed by atoms with Crippen molar-refractivity contribution in [3.8, 4) is 17.4 Å². The molecule has 82 valence electrons. The van der Waals surface area contributed by atoms with Crippen LogP contribution in [-0.4, -0.2) is 22.1 Å². The van der Waals surface area contributed by atoms with E-state index in [1.165, 1.54) is 0 Å². The lowest BCUT2D eigenvalue weighted by Crippen LogP contribution is -2.00. The van der Waals surface area contributed by atoms with Gasteiger partial charge < -0.3 is 10.5 Å². The van der Waals surface area contributed by atoms with Crippen molar-refractivity contribution in [2.45, 2.75) is 6.54 Å². The van der Waals surface area contributed by atoms with Gasteiger partial charge in [0.05, 0.1) is 7.11 Å². The monoisotopic (exact) mass is 216 g/mol. The van der Waals surface area contributed by atoms with Gasteiger partial charge in [-0.3, -0.25) is 0 Å². The van der Waals surface area contributed by atoms with Crippen LogP contribution in [0.1, 0.15) is 5.56 Å². The van der Waals surface area contributed by atoms with Crippen LogP contribution >= 0.6 is 0 Å². The van der Waals surface area contributed by atoms with E-state index in [9.17, 15) is 0 Å². The topological polar surface area (TPSA) is 73.9 Å². The number of hydrogen-bond donors (Lipinski definition) is 1. The Morgan fingerprint density at radius 3 is 2.62 bits per heavy atom. The van der Waals surface area contributed by atoms with E-state index in [1.54, 1.807) is 25.6 Å². The Labute approximate surface area is 93.3 Å². The number of methoxy groups -OCH3 is 1. The molecule has 0 saturated carbocycles. The summed E-state index contributed by atoms with van der Waals surface area (Å²) in [6, 6.07) is 5.46. The van der Waals surface area contributed by atoms with E-state index < -0.39 is 0 Å². The first kappa shape index (κ1) is 10.5. The van der Waals surface area contributed by atoms with Gasteiger partial charge in [0.15, 0.2) is 5.82 Å². The quantitative estimate of drug-likeness (QED) is 0.828. The third-order valence-electron chi connectivity index (χ3n) is 2.10. The first-order valence-corrected chi connectivity index (χ1v) is 4.86. The second-order valence-electron chi connectivity index (χ2n) is 3.18. The van der Waals surface area contributed by atoms with E-state index in [1.807, 2.05) is 12.1 Å². The Kier molecular flexibility index (Phi) is 3.07. The molecule has 2 aromatic rings. The van der Waals surface area contributed by atoms with Crippen LogP contribution < -0.4 is 10.5 Å². The molecule has 2 aromatic heterocycles. The van der Waals surface area contributed by atoms with Gasteiger partial charge in [0.1, 0.15) is 5.69 Å². The van der Waals surface area contributed by atoms with Crippen LogP contribution in [0.4, 0.5) is 0 Å². The molecule has 0 amide bonds. The van der Waals surface area contributed by atoms with Crippen molar-refractivity contribution in [1.29, 1.82) is 0 Å². The Morgan fingerprint density at radius 1 is 1.25 bits per heavy atom. The van der Waals surface area contributed by atoms with Gasteiger partial charge in [-0.1, -0.05) is 6.07 Å². The summed E-state index contributed by atoms with van der Waals surface area (Å²) in [6.07, 6.45) is 3.40. The molecule has 2 rings (SSSR count). The molecule has 0 fully saturated rings. The van der Waals surface area contributed by atoms with Crippen molar-refractivity contribution in [3.05, 3.63) is 36.2 Å². The molecule has 0 saturated heterocycles. The Hall–Kier alpha value is -2.01. The van der Waals surface area contributed by atoms with Crippen LogP contribution in [0.15, 0.2) is 30.6 Å². The van der Waals surface area contributed by atoms with Gasteiger partial charge in [0.25, 0.3) is 0 Å². The minimum Gasteiger partial charge on any atom is -0.481 e. The minimum atomic E-state index is 0.436. The van der Waals surface area contributed by atoms with Crippen LogP contribution in [0.5, 0.6) is 5.88 Å². The zero-order chi connectivity index (χ0) is 11.4. The maximum atomic E-state index is 5.47. The second-order valence-corrected chi connectivity index (χ2v) is 3.18. The van der Waals surface area contributed by atoms with E-state index in [0.717, 1.165) is 5.56 Å². The lowest BCUT2D eigenvalue weighted by Gasteiger charge is -2.02. The SMILES string of the molecule is COc1cccc(-c2ncc(CN)cn2)n1. The van der Waals surface area contributed by atoms with E-state index in [-0.39, 0.29) is 0 Å².